The van der Waals surface area contributed by atoms with Crippen molar-refractivity contribution in [2.45, 2.75) is 19.6 Å². The molecule has 0 radical (unpaired) electrons. The zero-order chi connectivity index (χ0) is 13.8. The van der Waals surface area contributed by atoms with Gasteiger partial charge in [0.1, 0.15) is 12.4 Å². The zero-order valence-electron chi connectivity index (χ0n) is 10.6. The van der Waals surface area contributed by atoms with Gasteiger partial charge in [0.05, 0.1) is 10.0 Å². The first kappa shape index (κ1) is 14.2. The van der Waals surface area contributed by atoms with Crippen LogP contribution >= 0.6 is 23.2 Å². The Labute approximate surface area is 123 Å². The Hall–Kier alpha value is -1.22. The van der Waals surface area contributed by atoms with Gasteiger partial charge in [0, 0.05) is 11.6 Å². The molecule has 1 atom stereocenters. The molecule has 2 aromatic rings. The fourth-order valence-corrected chi connectivity index (χ4v) is 2.06. The van der Waals surface area contributed by atoms with Crippen molar-refractivity contribution in [3.8, 4) is 5.75 Å². The summed E-state index contributed by atoms with van der Waals surface area (Å²) in [4.78, 5) is 0. The smallest absolute Gasteiger partial charge is 0.119 e. The van der Waals surface area contributed by atoms with E-state index in [1.165, 1.54) is 0 Å². The predicted octanol–water partition coefficient (Wildman–Crippen LogP) is 4.59. The molecule has 19 heavy (non-hydrogen) atoms. The maximum absolute atomic E-state index is 6.10. The third-order valence-electron chi connectivity index (χ3n) is 2.83. The van der Waals surface area contributed by atoms with E-state index in [0.29, 0.717) is 16.7 Å². The lowest BCUT2D eigenvalue weighted by Gasteiger charge is -2.10. The van der Waals surface area contributed by atoms with Gasteiger partial charge in [-0.05, 0) is 30.7 Å². The molecule has 2 rings (SSSR count). The van der Waals surface area contributed by atoms with Gasteiger partial charge in [0.25, 0.3) is 0 Å². The summed E-state index contributed by atoms with van der Waals surface area (Å²) in [6.45, 7) is 2.33. The van der Waals surface area contributed by atoms with Crippen LogP contribution in [0.15, 0.2) is 42.5 Å². The summed E-state index contributed by atoms with van der Waals surface area (Å²) in [5.74, 6) is 0.778. The molecule has 0 aromatic heterocycles. The van der Waals surface area contributed by atoms with Crippen LogP contribution < -0.4 is 10.5 Å². The van der Waals surface area contributed by atoms with Gasteiger partial charge in [0.15, 0.2) is 0 Å². The molecule has 0 aliphatic carbocycles. The van der Waals surface area contributed by atoms with Gasteiger partial charge in [-0.15, -0.1) is 0 Å². The highest BCUT2D eigenvalue weighted by molar-refractivity contribution is 6.42. The molecule has 0 aliphatic rings. The molecular formula is C15H15Cl2NO. The van der Waals surface area contributed by atoms with E-state index >= 15 is 0 Å². The van der Waals surface area contributed by atoms with Crippen LogP contribution in [0.5, 0.6) is 5.75 Å². The number of benzene rings is 2. The summed E-state index contributed by atoms with van der Waals surface area (Å²) in [5, 5.41) is 1.08. The number of rotatable bonds is 4. The van der Waals surface area contributed by atoms with Gasteiger partial charge in [-0.1, -0.05) is 47.5 Å². The van der Waals surface area contributed by atoms with E-state index in [-0.39, 0.29) is 6.04 Å². The minimum atomic E-state index is 0.0245. The number of halogens is 2. The monoisotopic (exact) mass is 295 g/mol. The summed E-state index contributed by atoms with van der Waals surface area (Å²) in [5.41, 5.74) is 7.74. The molecule has 0 saturated carbocycles. The highest BCUT2D eigenvalue weighted by Gasteiger charge is 2.05. The van der Waals surface area contributed by atoms with E-state index < -0.39 is 0 Å². The SMILES string of the molecule is CC(N)c1ccc(OCc2cccc(Cl)c2Cl)cc1. The van der Waals surface area contributed by atoms with Crippen molar-refractivity contribution in [3.63, 3.8) is 0 Å². The maximum Gasteiger partial charge on any atom is 0.119 e. The van der Waals surface area contributed by atoms with Crippen molar-refractivity contribution in [2.24, 2.45) is 5.73 Å². The van der Waals surface area contributed by atoms with Gasteiger partial charge < -0.3 is 10.5 Å². The predicted molar refractivity (Wildman–Crippen MR) is 79.8 cm³/mol. The molecule has 0 fully saturated rings. The molecule has 2 aromatic carbocycles. The van der Waals surface area contributed by atoms with Crippen LogP contribution in [0.4, 0.5) is 0 Å². The number of ether oxygens (including phenoxy) is 1. The van der Waals surface area contributed by atoms with Crippen LogP contribution in [-0.2, 0) is 6.61 Å². The minimum absolute atomic E-state index is 0.0245. The first-order chi connectivity index (χ1) is 9.08. The molecule has 2 nitrogen and oxygen atoms in total. The Morgan fingerprint density at radius 1 is 1.11 bits per heavy atom. The van der Waals surface area contributed by atoms with Crippen molar-refractivity contribution in [3.05, 3.63) is 63.6 Å². The van der Waals surface area contributed by atoms with E-state index in [4.69, 9.17) is 33.7 Å². The average Bonchev–Trinajstić information content (AvgIpc) is 2.41. The van der Waals surface area contributed by atoms with Gasteiger partial charge in [-0.2, -0.15) is 0 Å². The summed E-state index contributed by atoms with van der Waals surface area (Å²) >= 11 is 12.0. The second kappa shape index (κ2) is 6.29. The third kappa shape index (κ3) is 3.63. The van der Waals surface area contributed by atoms with Crippen molar-refractivity contribution >= 4 is 23.2 Å². The molecular weight excluding hydrogens is 281 g/mol. The zero-order valence-corrected chi connectivity index (χ0v) is 12.1. The second-order valence-electron chi connectivity index (χ2n) is 4.36. The first-order valence-electron chi connectivity index (χ1n) is 5.99. The summed E-state index contributed by atoms with van der Waals surface area (Å²) in [6, 6.07) is 13.2. The fraction of sp³-hybridized carbons (Fsp3) is 0.200. The van der Waals surface area contributed by atoms with Crippen molar-refractivity contribution < 1.29 is 4.74 Å². The standard InChI is InChI=1S/C15H15Cl2NO/c1-10(18)11-5-7-13(8-6-11)19-9-12-3-2-4-14(16)15(12)17/h2-8,10H,9,18H2,1H3. The van der Waals surface area contributed by atoms with Crippen molar-refractivity contribution in [1.29, 1.82) is 0 Å². The molecule has 0 saturated heterocycles. The van der Waals surface area contributed by atoms with Crippen LogP contribution in [0, 0.1) is 0 Å². The Kier molecular flexibility index (Phi) is 4.70. The number of hydrogen-bond acceptors (Lipinski definition) is 2. The molecule has 1 unspecified atom stereocenters. The van der Waals surface area contributed by atoms with E-state index in [1.54, 1.807) is 6.07 Å². The fourth-order valence-electron chi connectivity index (χ4n) is 1.69. The lowest BCUT2D eigenvalue weighted by Crippen LogP contribution is -2.04. The van der Waals surface area contributed by atoms with Crippen LogP contribution in [0.2, 0.25) is 10.0 Å². The molecule has 4 heteroatoms. The average molecular weight is 296 g/mol. The number of hydrogen-bond donors (Lipinski definition) is 1. The largest absolute Gasteiger partial charge is 0.489 e. The van der Waals surface area contributed by atoms with Crippen LogP contribution in [0.25, 0.3) is 0 Å². The molecule has 0 aliphatic heterocycles. The summed E-state index contributed by atoms with van der Waals surface area (Å²) in [6.07, 6.45) is 0. The summed E-state index contributed by atoms with van der Waals surface area (Å²) in [7, 11) is 0. The highest BCUT2D eigenvalue weighted by Crippen LogP contribution is 2.26. The highest BCUT2D eigenvalue weighted by atomic mass is 35.5. The van der Waals surface area contributed by atoms with Gasteiger partial charge >= 0.3 is 0 Å². The molecule has 0 heterocycles. The first-order valence-corrected chi connectivity index (χ1v) is 6.74. The van der Waals surface area contributed by atoms with Crippen LogP contribution in [0.1, 0.15) is 24.1 Å². The van der Waals surface area contributed by atoms with Gasteiger partial charge in [-0.3, -0.25) is 0 Å². The quantitative estimate of drug-likeness (QED) is 0.895. The number of nitrogens with two attached hydrogens (primary N) is 1. The van der Waals surface area contributed by atoms with Crippen molar-refractivity contribution in [1.82, 2.24) is 0 Å². The topological polar surface area (TPSA) is 35.2 Å². The molecule has 0 spiro atoms. The van der Waals surface area contributed by atoms with E-state index in [1.807, 2.05) is 43.3 Å². The van der Waals surface area contributed by atoms with Crippen LogP contribution in [0.3, 0.4) is 0 Å². The summed E-state index contributed by atoms with van der Waals surface area (Å²) < 4.78 is 5.68. The van der Waals surface area contributed by atoms with E-state index in [0.717, 1.165) is 16.9 Å². The van der Waals surface area contributed by atoms with Crippen molar-refractivity contribution in [2.75, 3.05) is 0 Å². The van der Waals surface area contributed by atoms with Gasteiger partial charge in [0.2, 0.25) is 0 Å². The third-order valence-corrected chi connectivity index (χ3v) is 3.69. The second-order valence-corrected chi connectivity index (χ2v) is 5.14. The molecule has 0 bridgehead atoms. The Morgan fingerprint density at radius 2 is 1.79 bits per heavy atom. The normalized spacial score (nSPS) is 12.2. The minimum Gasteiger partial charge on any atom is -0.489 e. The Morgan fingerprint density at radius 3 is 2.42 bits per heavy atom. The molecule has 100 valence electrons. The van der Waals surface area contributed by atoms with Gasteiger partial charge in [-0.25, -0.2) is 0 Å². The van der Waals surface area contributed by atoms with Crippen LogP contribution in [-0.4, -0.2) is 0 Å². The van der Waals surface area contributed by atoms with E-state index in [2.05, 4.69) is 0 Å². The maximum atomic E-state index is 6.10. The lowest BCUT2D eigenvalue weighted by atomic mass is 10.1. The van der Waals surface area contributed by atoms with E-state index in [9.17, 15) is 0 Å². The Balaban J connectivity index is 2.04. The Bertz CT molecular complexity index is 553. The molecule has 0 amide bonds. The molecule has 2 N–H and O–H groups in total. The lowest BCUT2D eigenvalue weighted by molar-refractivity contribution is 0.306.